The van der Waals surface area contributed by atoms with Crippen molar-refractivity contribution < 1.29 is 14.1 Å². The third-order valence-electron chi connectivity index (χ3n) is 3.41. The molecule has 0 atom stereocenters. The predicted molar refractivity (Wildman–Crippen MR) is 89.3 cm³/mol. The van der Waals surface area contributed by atoms with Gasteiger partial charge in [-0.3, -0.25) is 4.79 Å². The standard InChI is InChI=1S/C18H15ClN2O3/c1-2-16-20-17(24-21-16)11-23-15-9-5-13(6-10-15)18(22)12-3-7-14(19)8-4-12/h3-10H,2,11H2,1H3. The van der Waals surface area contributed by atoms with Gasteiger partial charge in [-0.25, -0.2) is 0 Å². The number of ether oxygens (including phenoxy) is 1. The Bertz CT molecular complexity index is 826. The molecule has 3 aromatic rings. The Morgan fingerprint density at radius 1 is 1.08 bits per heavy atom. The summed E-state index contributed by atoms with van der Waals surface area (Å²) >= 11 is 5.83. The van der Waals surface area contributed by atoms with Crippen molar-refractivity contribution in [3.8, 4) is 5.75 Å². The van der Waals surface area contributed by atoms with Crippen LogP contribution in [-0.4, -0.2) is 15.9 Å². The van der Waals surface area contributed by atoms with E-state index in [0.717, 1.165) is 0 Å². The summed E-state index contributed by atoms with van der Waals surface area (Å²) in [5, 5.41) is 4.40. The average Bonchev–Trinajstić information content (AvgIpc) is 3.09. The van der Waals surface area contributed by atoms with Gasteiger partial charge in [0.2, 0.25) is 0 Å². The molecule has 0 unspecified atom stereocenters. The minimum atomic E-state index is -0.0669. The lowest BCUT2D eigenvalue weighted by molar-refractivity contribution is 0.103. The van der Waals surface area contributed by atoms with Crippen LogP contribution in [0, 0.1) is 0 Å². The first-order valence-corrected chi connectivity index (χ1v) is 7.88. The molecule has 2 aromatic carbocycles. The summed E-state index contributed by atoms with van der Waals surface area (Å²) in [6, 6.07) is 13.7. The van der Waals surface area contributed by atoms with Gasteiger partial charge in [-0.2, -0.15) is 4.98 Å². The quantitative estimate of drug-likeness (QED) is 0.631. The van der Waals surface area contributed by atoms with E-state index in [0.29, 0.717) is 40.0 Å². The summed E-state index contributed by atoms with van der Waals surface area (Å²) in [6.45, 7) is 2.14. The molecule has 0 aliphatic carbocycles. The summed E-state index contributed by atoms with van der Waals surface area (Å²) in [4.78, 5) is 16.5. The van der Waals surface area contributed by atoms with Crippen molar-refractivity contribution in [2.24, 2.45) is 0 Å². The van der Waals surface area contributed by atoms with E-state index in [4.69, 9.17) is 20.9 Å². The molecule has 0 saturated heterocycles. The molecule has 24 heavy (non-hydrogen) atoms. The van der Waals surface area contributed by atoms with Crippen molar-refractivity contribution in [2.45, 2.75) is 20.0 Å². The second-order valence-corrected chi connectivity index (χ2v) is 5.54. The van der Waals surface area contributed by atoms with Crippen LogP contribution in [0.25, 0.3) is 0 Å². The minimum absolute atomic E-state index is 0.0669. The SMILES string of the molecule is CCc1noc(COc2ccc(C(=O)c3ccc(Cl)cc3)cc2)n1. The van der Waals surface area contributed by atoms with E-state index in [9.17, 15) is 4.79 Å². The first kappa shape index (κ1) is 16.2. The van der Waals surface area contributed by atoms with Crippen LogP contribution in [0.3, 0.4) is 0 Å². The number of hydrogen-bond acceptors (Lipinski definition) is 5. The lowest BCUT2D eigenvalue weighted by Gasteiger charge is -2.05. The monoisotopic (exact) mass is 342 g/mol. The van der Waals surface area contributed by atoms with E-state index in [1.165, 1.54) is 0 Å². The number of carbonyl (C=O) groups is 1. The van der Waals surface area contributed by atoms with Gasteiger partial charge in [-0.1, -0.05) is 23.7 Å². The Hall–Kier alpha value is -2.66. The maximum Gasteiger partial charge on any atom is 0.264 e. The zero-order valence-corrected chi connectivity index (χ0v) is 13.8. The maximum absolute atomic E-state index is 12.4. The Balaban J connectivity index is 1.64. The van der Waals surface area contributed by atoms with E-state index < -0.39 is 0 Å². The lowest BCUT2D eigenvalue weighted by atomic mass is 10.0. The summed E-state index contributed by atoms with van der Waals surface area (Å²) in [7, 11) is 0. The van der Waals surface area contributed by atoms with Gasteiger partial charge in [-0.05, 0) is 48.5 Å². The van der Waals surface area contributed by atoms with Crippen molar-refractivity contribution in [3.63, 3.8) is 0 Å². The molecule has 1 heterocycles. The number of halogens is 1. The largest absolute Gasteiger partial charge is 0.484 e. The molecule has 3 rings (SSSR count). The molecule has 1 aromatic heterocycles. The highest BCUT2D eigenvalue weighted by Crippen LogP contribution is 2.18. The second kappa shape index (κ2) is 7.27. The molecule has 0 fully saturated rings. The van der Waals surface area contributed by atoms with Crippen molar-refractivity contribution in [3.05, 3.63) is 76.4 Å². The predicted octanol–water partition coefficient (Wildman–Crippen LogP) is 4.10. The van der Waals surface area contributed by atoms with E-state index in [1.807, 2.05) is 6.92 Å². The van der Waals surface area contributed by atoms with Crippen LogP contribution in [0.5, 0.6) is 5.75 Å². The molecule has 0 amide bonds. The fourth-order valence-corrected chi connectivity index (χ4v) is 2.23. The molecule has 0 aliphatic rings. The van der Waals surface area contributed by atoms with Crippen LogP contribution in [0.15, 0.2) is 53.1 Å². The van der Waals surface area contributed by atoms with Crippen LogP contribution < -0.4 is 4.74 Å². The number of rotatable bonds is 6. The lowest BCUT2D eigenvalue weighted by Crippen LogP contribution is -2.01. The van der Waals surface area contributed by atoms with Gasteiger partial charge in [0.05, 0.1) is 0 Å². The zero-order chi connectivity index (χ0) is 16.9. The van der Waals surface area contributed by atoms with Crippen LogP contribution >= 0.6 is 11.6 Å². The first-order valence-electron chi connectivity index (χ1n) is 7.50. The number of aryl methyl sites for hydroxylation is 1. The summed E-state index contributed by atoms with van der Waals surface area (Å²) < 4.78 is 10.6. The molecule has 5 nitrogen and oxygen atoms in total. The van der Waals surface area contributed by atoms with Crippen molar-refractivity contribution in [1.82, 2.24) is 10.1 Å². The third kappa shape index (κ3) is 3.81. The highest BCUT2D eigenvalue weighted by molar-refractivity contribution is 6.30. The zero-order valence-electron chi connectivity index (χ0n) is 13.0. The molecule has 0 bridgehead atoms. The van der Waals surface area contributed by atoms with Gasteiger partial charge in [-0.15, -0.1) is 0 Å². The van der Waals surface area contributed by atoms with Gasteiger partial charge in [0.1, 0.15) is 5.75 Å². The maximum atomic E-state index is 12.4. The number of nitrogens with zero attached hydrogens (tertiary/aromatic N) is 2. The molecule has 0 N–H and O–H groups in total. The van der Waals surface area contributed by atoms with Crippen molar-refractivity contribution in [2.75, 3.05) is 0 Å². The highest BCUT2D eigenvalue weighted by Gasteiger charge is 2.10. The van der Waals surface area contributed by atoms with Gasteiger partial charge in [0.15, 0.2) is 18.2 Å². The molecular formula is C18H15ClN2O3. The Labute approximate surface area is 144 Å². The normalized spacial score (nSPS) is 10.6. The molecule has 6 heteroatoms. The number of carbonyl (C=O) groups excluding carboxylic acids is 1. The number of hydrogen-bond donors (Lipinski definition) is 0. The third-order valence-corrected chi connectivity index (χ3v) is 3.66. The Morgan fingerprint density at radius 3 is 2.29 bits per heavy atom. The molecule has 122 valence electrons. The number of ketones is 1. The number of aromatic nitrogens is 2. The smallest absolute Gasteiger partial charge is 0.264 e. The van der Waals surface area contributed by atoms with Crippen molar-refractivity contribution >= 4 is 17.4 Å². The first-order chi connectivity index (χ1) is 11.7. The van der Waals surface area contributed by atoms with Gasteiger partial charge in [0, 0.05) is 22.6 Å². The second-order valence-electron chi connectivity index (χ2n) is 5.11. The fourth-order valence-electron chi connectivity index (χ4n) is 2.11. The Morgan fingerprint density at radius 2 is 1.71 bits per heavy atom. The summed E-state index contributed by atoms with van der Waals surface area (Å²) in [5.74, 6) is 1.63. The summed E-state index contributed by atoms with van der Waals surface area (Å²) in [5.41, 5.74) is 1.17. The van der Waals surface area contributed by atoms with Gasteiger partial charge < -0.3 is 9.26 Å². The highest BCUT2D eigenvalue weighted by atomic mass is 35.5. The molecular weight excluding hydrogens is 328 g/mol. The topological polar surface area (TPSA) is 65.2 Å². The molecule has 0 saturated carbocycles. The average molecular weight is 343 g/mol. The van der Waals surface area contributed by atoms with Crippen LogP contribution in [-0.2, 0) is 13.0 Å². The van der Waals surface area contributed by atoms with Crippen LogP contribution in [0.4, 0.5) is 0 Å². The van der Waals surface area contributed by atoms with E-state index in [1.54, 1.807) is 48.5 Å². The van der Waals surface area contributed by atoms with E-state index >= 15 is 0 Å². The summed E-state index contributed by atoms with van der Waals surface area (Å²) in [6.07, 6.45) is 0.713. The van der Waals surface area contributed by atoms with Crippen LogP contribution in [0.1, 0.15) is 34.6 Å². The van der Waals surface area contributed by atoms with Gasteiger partial charge in [0.25, 0.3) is 5.89 Å². The molecule has 0 radical (unpaired) electrons. The minimum Gasteiger partial charge on any atom is -0.484 e. The fraction of sp³-hybridized carbons (Fsp3) is 0.167. The van der Waals surface area contributed by atoms with E-state index in [-0.39, 0.29) is 12.4 Å². The number of benzene rings is 2. The van der Waals surface area contributed by atoms with Gasteiger partial charge >= 0.3 is 0 Å². The van der Waals surface area contributed by atoms with Crippen molar-refractivity contribution in [1.29, 1.82) is 0 Å². The molecule has 0 aliphatic heterocycles. The Kier molecular flexibility index (Phi) is 4.91. The van der Waals surface area contributed by atoms with Crippen LogP contribution in [0.2, 0.25) is 5.02 Å². The van der Waals surface area contributed by atoms with E-state index in [2.05, 4.69) is 10.1 Å². The molecule has 0 spiro atoms.